The summed E-state index contributed by atoms with van der Waals surface area (Å²) in [6, 6.07) is 3.83. The molecule has 0 bridgehead atoms. The highest BCUT2D eigenvalue weighted by atomic mass is 19.1. The Morgan fingerprint density at radius 1 is 0.976 bits per heavy atom. The fraction of sp³-hybridized carbons (Fsp3) is 0.407. The van der Waals surface area contributed by atoms with E-state index < -0.39 is 17.8 Å². The second-order valence-electron chi connectivity index (χ2n) is 10.3. The molecule has 2 aliphatic rings. The Hall–Kier alpha value is -4.75. The summed E-state index contributed by atoms with van der Waals surface area (Å²) in [5, 5.41) is 17.2. The number of carbonyl (C=O) groups excluding carboxylic acids is 2. The first kappa shape index (κ1) is 26.5. The minimum Gasteiger partial charge on any atom is -0.448 e. The zero-order valence-electron chi connectivity index (χ0n) is 22.3. The smallest absolute Gasteiger partial charge is 0.407 e. The Morgan fingerprint density at radius 3 is 2.51 bits per heavy atom. The van der Waals surface area contributed by atoms with Crippen molar-refractivity contribution in [3.63, 3.8) is 0 Å². The number of aromatic nitrogens is 6. The van der Waals surface area contributed by atoms with Crippen LogP contribution in [0.3, 0.4) is 0 Å². The fourth-order valence-corrected chi connectivity index (χ4v) is 4.87. The number of halogens is 1. The van der Waals surface area contributed by atoms with Crippen LogP contribution in [0.5, 0.6) is 0 Å². The first-order valence-electron chi connectivity index (χ1n) is 13.7. The summed E-state index contributed by atoms with van der Waals surface area (Å²) in [6.07, 6.45) is 14.0. The standard InChI is InChI=1S/C27H31FN10O3/c28-20-14-29-8-7-21(20)35-26(39)23-15-31-25-22(32-17-1-2-17)13-24(36-38(23)25)33-18-3-5-19(6-4-18)34-27(40)41-12-11-37-10-9-30-16-37/h7-10,13-19,32H,1-6,11-12H2,(H,33,36)(H,34,40)(H,29,35,39)/t18-,19-. The van der Waals surface area contributed by atoms with Crippen LogP contribution in [0.25, 0.3) is 5.65 Å². The van der Waals surface area contributed by atoms with Crippen molar-refractivity contribution in [2.45, 2.75) is 63.2 Å². The van der Waals surface area contributed by atoms with Crippen LogP contribution < -0.4 is 21.3 Å². The van der Waals surface area contributed by atoms with E-state index in [1.54, 1.807) is 12.5 Å². The van der Waals surface area contributed by atoms with Crippen molar-refractivity contribution in [3.05, 3.63) is 61.0 Å². The van der Waals surface area contributed by atoms with Crippen LogP contribution in [0.15, 0.2) is 49.4 Å². The average Bonchev–Trinajstić information content (AvgIpc) is 3.43. The molecule has 4 N–H and O–H groups in total. The number of fused-ring (bicyclic) bond motifs is 1. The van der Waals surface area contributed by atoms with Crippen molar-refractivity contribution in [1.82, 2.24) is 34.4 Å². The van der Waals surface area contributed by atoms with E-state index in [1.165, 1.54) is 23.0 Å². The Morgan fingerprint density at radius 2 is 1.76 bits per heavy atom. The molecule has 214 valence electrons. The summed E-state index contributed by atoms with van der Waals surface area (Å²) in [5.41, 5.74) is 1.49. The van der Waals surface area contributed by atoms with Gasteiger partial charge in [0.1, 0.15) is 12.4 Å². The van der Waals surface area contributed by atoms with Gasteiger partial charge in [0.25, 0.3) is 5.91 Å². The molecule has 4 aromatic heterocycles. The van der Waals surface area contributed by atoms with Crippen molar-refractivity contribution in [1.29, 1.82) is 0 Å². The van der Waals surface area contributed by atoms with Gasteiger partial charge in [-0.2, -0.15) is 0 Å². The number of ether oxygens (including phenoxy) is 1. The average molecular weight is 563 g/mol. The van der Waals surface area contributed by atoms with E-state index in [0.29, 0.717) is 24.1 Å². The van der Waals surface area contributed by atoms with Crippen molar-refractivity contribution < 1.29 is 18.7 Å². The van der Waals surface area contributed by atoms with Gasteiger partial charge in [-0.05, 0) is 44.6 Å². The lowest BCUT2D eigenvalue weighted by Gasteiger charge is -2.29. The zero-order valence-corrected chi connectivity index (χ0v) is 22.3. The molecule has 4 aromatic rings. The van der Waals surface area contributed by atoms with Gasteiger partial charge in [-0.3, -0.25) is 9.78 Å². The summed E-state index contributed by atoms with van der Waals surface area (Å²) in [6.45, 7) is 0.830. The Kier molecular flexibility index (Phi) is 7.60. The third-order valence-electron chi connectivity index (χ3n) is 7.20. The second-order valence-corrected chi connectivity index (χ2v) is 10.3. The highest BCUT2D eigenvalue weighted by Gasteiger charge is 2.26. The lowest BCUT2D eigenvalue weighted by molar-refractivity contribution is 0.101. The highest BCUT2D eigenvalue weighted by Crippen LogP contribution is 2.30. The molecule has 0 aromatic carbocycles. The first-order chi connectivity index (χ1) is 20.0. The monoisotopic (exact) mass is 562 g/mol. The Bertz CT molecular complexity index is 1510. The van der Waals surface area contributed by atoms with Gasteiger partial charge in [0.05, 0.1) is 36.6 Å². The molecule has 0 saturated heterocycles. The van der Waals surface area contributed by atoms with Gasteiger partial charge < -0.3 is 30.6 Å². The summed E-state index contributed by atoms with van der Waals surface area (Å²) < 4.78 is 22.7. The summed E-state index contributed by atoms with van der Waals surface area (Å²) in [4.78, 5) is 37.4. The zero-order chi connectivity index (χ0) is 28.2. The molecule has 0 spiro atoms. The molecule has 13 nitrogen and oxygen atoms in total. The molecule has 2 fully saturated rings. The molecule has 6 rings (SSSR count). The number of imidazole rings is 2. The van der Waals surface area contributed by atoms with Crippen molar-refractivity contribution in [3.8, 4) is 0 Å². The van der Waals surface area contributed by atoms with Gasteiger partial charge in [0, 0.05) is 42.8 Å². The number of pyridine rings is 1. The molecule has 0 aliphatic heterocycles. The number of carbonyl (C=O) groups is 2. The molecule has 0 unspecified atom stereocenters. The van der Waals surface area contributed by atoms with E-state index in [1.807, 2.05) is 16.8 Å². The minimum absolute atomic E-state index is 0.0259. The molecule has 2 amide bonds. The fourth-order valence-electron chi connectivity index (χ4n) is 4.87. The van der Waals surface area contributed by atoms with E-state index in [9.17, 15) is 14.0 Å². The van der Waals surface area contributed by atoms with Crippen LogP contribution in [0.4, 0.5) is 26.4 Å². The van der Waals surface area contributed by atoms with Crippen LogP contribution in [0.1, 0.15) is 49.0 Å². The van der Waals surface area contributed by atoms with Crippen LogP contribution in [0, 0.1) is 5.82 Å². The molecule has 2 aliphatic carbocycles. The largest absolute Gasteiger partial charge is 0.448 e. The van der Waals surface area contributed by atoms with Crippen LogP contribution >= 0.6 is 0 Å². The Balaban J connectivity index is 1.09. The van der Waals surface area contributed by atoms with Crippen molar-refractivity contribution >= 4 is 34.8 Å². The van der Waals surface area contributed by atoms with E-state index in [-0.39, 0.29) is 30.1 Å². The number of anilines is 3. The van der Waals surface area contributed by atoms with Gasteiger partial charge in [-0.15, -0.1) is 5.10 Å². The molecule has 41 heavy (non-hydrogen) atoms. The topological polar surface area (TPSA) is 152 Å². The van der Waals surface area contributed by atoms with Crippen LogP contribution in [0.2, 0.25) is 0 Å². The lowest BCUT2D eigenvalue weighted by Crippen LogP contribution is -2.40. The molecule has 0 radical (unpaired) electrons. The van der Waals surface area contributed by atoms with E-state index >= 15 is 0 Å². The van der Waals surface area contributed by atoms with E-state index in [4.69, 9.17) is 4.74 Å². The minimum atomic E-state index is -0.631. The maximum absolute atomic E-state index is 14.1. The quantitative estimate of drug-likeness (QED) is 0.228. The van der Waals surface area contributed by atoms with Crippen molar-refractivity contribution in [2.24, 2.45) is 0 Å². The number of alkyl carbamates (subject to hydrolysis) is 1. The molecular weight excluding hydrogens is 531 g/mol. The molecule has 2 saturated carbocycles. The number of rotatable bonds is 10. The third-order valence-corrected chi connectivity index (χ3v) is 7.20. The van der Waals surface area contributed by atoms with E-state index in [2.05, 4.69) is 41.3 Å². The number of hydrogen-bond donors (Lipinski definition) is 4. The predicted molar refractivity (Wildman–Crippen MR) is 148 cm³/mol. The predicted octanol–water partition coefficient (Wildman–Crippen LogP) is 3.44. The SMILES string of the molecule is O=C(N[C@H]1CC[C@H](Nc2cc(NC3CC3)c3ncc(C(=O)Nc4ccncc4F)n3n2)CC1)OCCn1ccnc1. The van der Waals surface area contributed by atoms with Crippen LogP contribution in [-0.2, 0) is 11.3 Å². The van der Waals surface area contributed by atoms with Crippen molar-refractivity contribution in [2.75, 3.05) is 22.6 Å². The first-order valence-corrected chi connectivity index (χ1v) is 13.7. The van der Waals surface area contributed by atoms with Gasteiger partial charge in [0.2, 0.25) is 0 Å². The molecule has 14 heteroatoms. The number of amides is 2. The third kappa shape index (κ3) is 6.53. The maximum atomic E-state index is 14.1. The number of hydrogen-bond acceptors (Lipinski definition) is 9. The van der Waals surface area contributed by atoms with E-state index in [0.717, 1.165) is 50.4 Å². The molecule has 0 atom stereocenters. The Labute approximate surface area is 234 Å². The second kappa shape index (κ2) is 11.8. The normalized spacial score (nSPS) is 18.6. The summed E-state index contributed by atoms with van der Waals surface area (Å²) >= 11 is 0. The number of nitrogens with one attached hydrogen (secondary N) is 4. The molecular formula is C27H31FN10O3. The highest BCUT2D eigenvalue weighted by molar-refractivity contribution is 6.03. The van der Waals surface area contributed by atoms with Gasteiger partial charge in [-0.25, -0.2) is 23.7 Å². The summed E-state index contributed by atoms with van der Waals surface area (Å²) in [5.74, 6) is -0.569. The van der Waals surface area contributed by atoms with Gasteiger partial charge >= 0.3 is 6.09 Å². The van der Waals surface area contributed by atoms with Crippen LogP contribution in [-0.4, -0.2) is 65.9 Å². The van der Waals surface area contributed by atoms with Gasteiger partial charge in [-0.1, -0.05) is 0 Å². The lowest BCUT2D eigenvalue weighted by atomic mass is 9.91. The molecule has 4 heterocycles. The maximum Gasteiger partial charge on any atom is 0.407 e. The summed E-state index contributed by atoms with van der Waals surface area (Å²) in [7, 11) is 0. The van der Waals surface area contributed by atoms with Gasteiger partial charge in [0.15, 0.2) is 17.2 Å². The number of nitrogens with zero attached hydrogens (tertiary/aromatic N) is 6.